The number of aromatic nitrogens is 2. The molecule has 1 aromatic carbocycles. The van der Waals surface area contributed by atoms with E-state index in [2.05, 4.69) is 26.1 Å². The second kappa shape index (κ2) is 6.94. The number of allylic oxidation sites excluding steroid dienone is 2. The number of carbonyl (C=O) groups is 2. The minimum atomic E-state index is -0.664. The standard InChI is InChI=1S/C17H14BrN3O4/c1-24-16(22)11-6-3-4-9-21(14(11)17(23)25-2)12-8-5-7-10-13(12)19-20-15(10)18/h3-9H,1-2H3,(H,19,20). The zero-order valence-corrected chi connectivity index (χ0v) is 15.0. The molecule has 25 heavy (non-hydrogen) atoms. The highest BCUT2D eigenvalue weighted by atomic mass is 79.9. The summed E-state index contributed by atoms with van der Waals surface area (Å²) in [6.45, 7) is 0. The molecule has 0 fully saturated rings. The Morgan fingerprint density at radius 2 is 1.92 bits per heavy atom. The van der Waals surface area contributed by atoms with Crippen molar-refractivity contribution in [3.05, 3.63) is 58.5 Å². The maximum atomic E-state index is 12.4. The molecule has 8 heteroatoms. The molecule has 1 aliphatic heterocycles. The molecular weight excluding hydrogens is 390 g/mol. The second-order valence-corrected chi connectivity index (χ2v) is 5.82. The van der Waals surface area contributed by atoms with Crippen LogP contribution in [0.2, 0.25) is 0 Å². The van der Waals surface area contributed by atoms with Gasteiger partial charge < -0.3 is 14.4 Å². The van der Waals surface area contributed by atoms with E-state index in [9.17, 15) is 9.59 Å². The van der Waals surface area contributed by atoms with Crippen LogP contribution >= 0.6 is 15.9 Å². The van der Waals surface area contributed by atoms with Gasteiger partial charge in [-0.15, -0.1) is 0 Å². The number of nitrogens with zero attached hydrogens (tertiary/aromatic N) is 2. The molecule has 1 aliphatic rings. The molecule has 3 rings (SSSR count). The van der Waals surface area contributed by atoms with Gasteiger partial charge in [0.15, 0.2) is 0 Å². The largest absolute Gasteiger partial charge is 0.465 e. The van der Waals surface area contributed by atoms with Crippen LogP contribution in [0.15, 0.2) is 58.5 Å². The van der Waals surface area contributed by atoms with Crippen molar-refractivity contribution in [2.24, 2.45) is 0 Å². The summed E-state index contributed by atoms with van der Waals surface area (Å²) in [6, 6.07) is 5.51. The fourth-order valence-electron chi connectivity index (χ4n) is 2.54. The van der Waals surface area contributed by atoms with Crippen LogP contribution in [0.25, 0.3) is 10.9 Å². The van der Waals surface area contributed by atoms with Crippen molar-refractivity contribution in [3.8, 4) is 0 Å². The van der Waals surface area contributed by atoms with Crippen molar-refractivity contribution >= 4 is 44.5 Å². The van der Waals surface area contributed by atoms with E-state index < -0.39 is 11.9 Å². The number of esters is 2. The summed E-state index contributed by atoms with van der Waals surface area (Å²) in [6.07, 6.45) is 6.53. The first-order chi connectivity index (χ1) is 12.1. The average molecular weight is 404 g/mol. The van der Waals surface area contributed by atoms with E-state index in [1.165, 1.54) is 20.3 Å². The molecule has 0 saturated carbocycles. The average Bonchev–Trinajstić information content (AvgIpc) is 2.89. The molecule has 2 heterocycles. The molecule has 2 aromatic rings. The van der Waals surface area contributed by atoms with Gasteiger partial charge in [-0.25, -0.2) is 9.59 Å². The SMILES string of the molecule is COC(=O)C1=C(C(=O)OC)N(c2cccc3c(Br)[nH]nc23)C=CC=C1. The molecule has 7 nitrogen and oxygen atoms in total. The number of para-hydroxylation sites is 1. The minimum Gasteiger partial charge on any atom is -0.465 e. The zero-order chi connectivity index (χ0) is 18.0. The quantitative estimate of drug-likeness (QED) is 0.793. The number of aromatic amines is 1. The van der Waals surface area contributed by atoms with E-state index in [4.69, 9.17) is 9.47 Å². The van der Waals surface area contributed by atoms with Crippen LogP contribution in [0.5, 0.6) is 0 Å². The molecule has 1 N–H and O–H groups in total. The Hall–Kier alpha value is -2.87. The van der Waals surface area contributed by atoms with E-state index >= 15 is 0 Å². The first-order valence-electron chi connectivity index (χ1n) is 7.26. The summed E-state index contributed by atoms with van der Waals surface area (Å²) >= 11 is 3.40. The number of halogens is 1. The lowest BCUT2D eigenvalue weighted by Gasteiger charge is -2.23. The molecule has 0 unspecified atom stereocenters. The lowest BCUT2D eigenvalue weighted by molar-refractivity contribution is -0.139. The number of nitrogens with one attached hydrogen (secondary N) is 1. The van der Waals surface area contributed by atoms with Gasteiger partial charge in [0.25, 0.3) is 0 Å². The summed E-state index contributed by atoms with van der Waals surface area (Å²) in [5.74, 6) is -1.30. The third kappa shape index (κ3) is 2.96. The maximum absolute atomic E-state index is 12.4. The lowest BCUT2D eigenvalue weighted by atomic mass is 10.1. The number of anilines is 1. The van der Waals surface area contributed by atoms with Gasteiger partial charge in [-0.05, 0) is 40.2 Å². The van der Waals surface area contributed by atoms with Crippen LogP contribution in [0, 0.1) is 0 Å². The van der Waals surface area contributed by atoms with Gasteiger partial charge in [0.05, 0.1) is 25.5 Å². The summed E-state index contributed by atoms with van der Waals surface area (Å²) < 4.78 is 10.4. The van der Waals surface area contributed by atoms with Gasteiger partial charge in [0, 0.05) is 11.6 Å². The number of fused-ring (bicyclic) bond motifs is 1. The van der Waals surface area contributed by atoms with Crippen molar-refractivity contribution < 1.29 is 19.1 Å². The number of hydrogen-bond donors (Lipinski definition) is 1. The van der Waals surface area contributed by atoms with E-state index in [1.54, 1.807) is 29.3 Å². The predicted octanol–water partition coefficient (Wildman–Crippen LogP) is 2.82. The number of ether oxygens (including phenoxy) is 2. The Bertz CT molecular complexity index is 943. The van der Waals surface area contributed by atoms with Crippen LogP contribution in [0.1, 0.15) is 0 Å². The summed E-state index contributed by atoms with van der Waals surface area (Å²) in [5, 5.41) is 7.97. The van der Waals surface area contributed by atoms with E-state index in [1.807, 2.05) is 12.1 Å². The Balaban J connectivity index is 2.27. The number of H-pyrrole nitrogens is 1. The zero-order valence-electron chi connectivity index (χ0n) is 13.4. The molecule has 0 radical (unpaired) electrons. The summed E-state index contributed by atoms with van der Waals surface area (Å²) in [7, 11) is 2.51. The maximum Gasteiger partial charge on any atom is 0.355 e. The first kappa shape index (κ1) is 17.0. The molecule has 0 spiro atoms. The first-order valence-corrected chi connectivity index (χ1v) is 8.05. The Kier molecular flexibility index (Phi) is 4.71. The van der Waals surface area contributed by atoms with Crippen LogP contribution in [0.3, 0.4) is 0 Å². The lowest BCUT2D eigenvalue weighted by Crippen LogP contribution is -2.27. The molecule has 128 valence electrons. The van der Waals surface area contributed by atoms with Crippen molar-refractivity contribution in [2.45, 2.75) is 0 Å². The number of hydrogen-bond acceptors (Lipinski definition) is 6. The van der Waals surface area contributed by atoms with Gasteiger partial charge in [0.1, 0.15) is 15.8 Å². The highest BCUT2D eigenvalue weighted by Crippen LogP contribution is 2.33. The Morgan fingerprint density at radius 3 is 2.64 bits per heavy atom. The van der Waals surface area contributed by atoms with Gasteiger partial charge in [-0.3, -0.25) is 5.10 Å². The number of benzene rings is 1. The van der Waals surface area contributed by atoms with Crippen molar-refractivity contribution in [1.29, 1.82) is 0 Å². The Labute approximate surface area is 151 Å². The van der Waals surface area contributed by atoms with Crippen LogP contribution in [-0.2, 0) is 19.1 Å². The summed E-state index contributed by atoms with van der Waals surface area (Å²) in [5.41, 5.74) is 1.38. The molecular formula is C17H14BrN3O4. The topological polar surface area (TPSA) is 84.5 Å². The number of rotatable bonds is 3. The van der Waals surface area contributed by atoms with E-state index in [0.29, 0.717) is 11.2 Å². The predicted molar refractivity (Wildman–Crippen MR) is 95.6 cm³/mol. The smallest absolute Gasteiger partial charge is 0.355 e. The van der Waals surface area contributed by atoms with Crippen LogP contribution in [-0.4, -0.2) is 36.4 Å². The van der Waals surface area contributed by atoms with E-state index in [0.717, 1.165) is 9.99 Å². The van der Waals surface area contributed by atoms with E-state index in [-0.39, 0.29) is 11.3 Å². The van der Waals surface area contributed by atoms with Gasteiger partial charge in [-0.2, -0.15) is 5.10 Å². The molecule has 0 amide bonds. The Morgan fingerprint density at radius 1 is 1.16 bits per heavy atom. The fourth-order valence-corrected chi connectivity index (χ4v) is 2.95. The van der Waals surface area contributed by atoms with Crippen LogP contribution < -0.4 is 4.90 Å². The fraction of sp³-hybridized carbons (Fsp3) is 0.118. The third-order valence-electron chi connectivity index (χ3n) is 3.67. The summed E-state index contributed by atoms with van der Waals surface area (Å²) in [4.78, 5) is 26.2. The van der Waals surface area contributed by atoms with Crippen molar-refractivity contribution in [1.82, 2.24) is 10.2 Å². The molecule has 1 aromatic heterocycles. The highest BCUT2D eigenvalue weighted by molar-refractivity contribution is 9.10. The van der Waals surface area contributed by atoms with Crippen molar-refractivity contribution in [3.63, 3.8) is 0 Å². The molecule has 0 bridgehead atoms. The van der Waals surface area contributed by atoms with Crippen LogP contribution in [0.4, 0.5) is 5.69 Å². The third-order valence-corrected chi connectivity index (χ3v) is 4.27. The molecule has 0 saturated heterocycles. The number of carbonyl (C=O) groups excluding carboxylic acids is 2. The normalized spacial score (nSPS) is 14.0. The van der Waals surface area contributed by atoms with Crippen molar-refractivity contribution in [2.75, 3.05) is 19.1 Å². The number of methoxy groups -OCH3 is 2. The van der Waals surface area contributed by atoms with Gasteiger partial charge in [0.2, 0.25) is 0 Å². The highest BCUT2D eigenvalue weighted by Gasteiger charge is 2.28. The minimum absolute atomic E-state index is 0.0472. The monoisotopic (exact) mass is 403 g/mol. The van der Waals surface area contributed by atoms with Gasteiger partial charge in [-0.1, -0.05) is 12.1 Å². The van der Waals surface area contributed by atoms with Gasteiger partial charge >= 0.3 is 11.9 Å². The molecule has 0 aliphatic carbocycles. The second-order valence-electron chi connectivity index (χ2n) is 5.03. The molecule has 0 atom stereocenters.